The predicted molar refractivity (Wildman–Crippen MR) is 630 cm³/mol. The molecule has 0 fully saturated rings. The van der Waals surface area contributed by atoms with Crippen LogP contribution in [-0.2, 0) is 65.2 Å². The first kappa shape index (κ1) is 115. The maximum Gasteiger partial charge on any atom is 0.335 e. The lowest BCUT2D eigenvalue weighted by molar-refractivity contribution is -0.138. The fourth-order valence-electron chi connectivity index (χ4n) is 16.3. The van der Waals surface area contributed by atoms with Gasteiger partial charge in [0.05, 0.1) is 11.1 Å². The monoisotopic (exact) mass is 2100 g/mol. The van der Waals surface area contributed by atoms with E-state index in [0.29, 0.717) is 27.4 Å². The highest BCUT2D eigenvalue weighted by atomic mass is 32.2. The molecule has 0 aliphatic rings. The van der Waals surface area contributed by atoms with E-state index >= 15 is 0 Å². The number of unbranched alkanes of at least 4 members (excludes halogenated alkanes) is 4. The predicted octanol–water partition coefficient (Wildman–Crippen LogP) is 34.4. The van der Waals surface area contributed by atoms with Crippen LogP contribution in [0, 0.1) is 0 Å². The third kappa shape index (κ3) is 46.4. The molecule has 6 N–H and O–H groups in total. The molecule has 14 rings (SSSR count). The van der Waals surface area contributed by atoms with Gasteiger partial charge in [-0.3, -0.25) is 19.2 Å². The van der Waals surface area contributed by atoms with Gasteiger partial charge in [0.1, 0.15) is 0 Å². The Morgan fingerprint density at radius 2 is 0.425 bits per heavy atom. The van der Waals surface area contributed by atoms with E-state index in [-0.39, 0.29) is 36.8 Å². The van der Waals surface area contributed by atoms with E-state index in [2.05, 4.69) is 303 Å². The Morgan fingerprint density at radius 1 is 0.205 bits per heavy atom. The molecule has 0 radical (unpaired) electrons. The number of carbonyl (C=O) groups is 6. The standard InChI is InChI=1S/C38H40O2S2.C34H36O2S2.C30H32O2S2.C24H28O6S2/c39-38(40)14-8-7-13-37(42-30-36-25-21-34(22-26-36)18-16-32-11-5-2-6-12-32)27-28-41-29-35-23-19-33(20-24-35)17-15-31-9-3-1-4-10-31;35-34(36)14-8-7-13-33(38-26-28-17-21-32(22-18-28)30-11-5-2-6-12-30)23-24-37-25-27-15-19-31(20-16-27)29-9-3-1-4-10-29;31-30(32)12-6-5-11-29(34-22-24-14-16-26-8-2-4-10-28(26)20-24)17-18-33-21-23-13-15-25-7-1-3-9-27(25)19-23;25-22(26)4-2-1-3-21(32-16-18-7-11-20(12-8-18)24(29)30)13-14-31-15-17-5-9-19(10-6-17)23(27)28/h1-6,9-12,15-26,37H,7-8,13-14,27-30H2,(H,39,40);1-6,9-12,15-22,33H,7-8,13-14,23-26H2,(H,35,36);1-4,7-10,13-16,19-20,29H,5-6,11-12,17-18,21-22H2,(H,31,32);5-12,21H,1-4,13-16H2,(H,25,26)(H,27,28)(H,29,30)/b17-15+,18-16+;;;. The third-order valence-electron chi connectivity index (χ3n) is 24.7. The van der Waals surface area contributed by atoms with E-state index in [1.807, 2.05) is 131 Å². The molecule has 4 atom stereocenters. The van der Waals surface area contributed by atoms with Gasteiger partial charge < -0.3 is 30.6 Å². The number of carboxylic acid groups (broad SMARTS) is 6. The number of hydrogen-bond acceptors (Lipinski definition) is 14. The minimum Gasteiger partial charge on any atom is -0.481 e. The second-order valence-electron chi connectivity index (χ2n) is 36.1. The van der Waals surface area contributed by atoms with Gasteiger partial charge in [0.25, 0.3) is 0 Å². The number of hydrogen-bond donors (Lipinski definition) is 6. The number of benzene rings is 14. The Bertz CT molecular complexity index is 6220. The number of aromatic carboxylic acids is 2. The van der Waals surface area contributed by atoms with E-state index in [1.165, 1.54) is 99.4 Å². The highest BCUT2D eigenvalue weighted by molar-refractivity contribution is 8.01. The number of fused-ring (bicyclic) bond motifs is 2. The third-order valence-corrected chi connectivity index (χ3v) is 34.7. The molecule has 760 valence electrons. The van der Waals surface area contributed by atoms with E-state index in [1.54, 1.807) is 36.0 Å². The smallest absolute Gasteiger partial charge is 0.335 e. The Labute approximate surface area is 898 Å². The number of carboxylic acids is 6. The summed E-state index contributed by atoms with van der Waals surface area (Å²) in [6.45, 7) is 0. The molecule has 0 aliphatic carbocycles. The lowest BCUT2D eigenvalue weighted by Gasteiger charge is -2.17. The Balaban J connectivity index is 0.000000186. The minimum atomic E-state index is -0.935. The number of rotatable bonds is 60. The van der Waals surface area contributed by atoms with Gasteiger partial charge >= 0.3 is 35.8 Å². The van der Waals surface area contributed by atoms with Gasteiger partial charge in [-0.05, 0) is 235 Å². The summed E-state index contributed by atoms with van der Waals surface area (Å²) in [6, 6.07) is 122. The van der Waals surface area contributed by atoms with Gasteiger partial charge in [-0.1, -0.05) is 378 Å². The van der Waals surface area contributed by atoms with E-state index in [9.17, 15) is 28.8 Å². The second kappa shape index (κ2) is 67.5. The summed E-state index contributed by atoms with van der Waals surface area (Å²) in [4.78, 5) is 65.4. The molecule has 14 aromatic carbocycles. The van der Waals surface area contributed by atoms with Gasteiger partial charge in [0, 0.05) is 92.7 Å². The molecule has 14 aromatic rings. The molecule has 0 saturated heterocycles. The van der Waals surface area contributed by atoms with Crippen molar-refractivity contribution in [2.75, 3.05) is 23.0 Å². The summed E-state index contributed by atoms with van der Waals surface area (Å²) in [6.07, 6.45) is 25.0. The van der Waals surface area contributed by atoms with Crippen molar-refractivity contribution in [1.29, 1.82) is 0 Å². The molecule has 0 saturated carbocycles. The fraction of sp³-hybridized carbons (Fsp3) is 0.286. The fourth-order valence-corrected chi connectivity index (χ4v) is 25.9. The van der Waals surface area contributed by atoms with Crippen molar-refractivity contribution in [1.82, 2.24) is 0 Å². The SMILES string of the molecule is O=C(O)CCCCC(CCSCc1ccc(-c2ccccc2)cc1)SCc1ccc(-c2ccccc2)cc1.O=C(O)CCCCC(CCSCc1ccc(/C=C/c2ccccc2)cc1)SCc1ccc(/C=C/c2ccccc2)cc1.O=C(O)CCCCC(CCSCc1ccc(C(=O)O)cc1)SCc1ccc(C(=O)O)cc1.O=C(O)CCCCC(CCSCc1ccc2ccccc2c1)SCc1ccc2ccccc2c1. The van der Waals surface area contributed by atoms with Crippen LogP contribution in [0.25, 0.3) is 68.1 Å². The van der Waals surface area contributed by atoms with Gasteiger partial charge in [-0.2, -0.15) is 94.1 Å². The van der Waals surface area contributed by atoms with Crippen LogP contribution in [0.5, 0.6) is 0 Å². The van der Waals surface area contributed by atoms with Crippen LogP contribution in [0.1, 0.15) is 216 Å². The van der Waals surface area contributed by atoms with Gasteiger partial charge in [-0.15, -0.1) is 0 Å². The molecule has 0 heterocycles. The molecule has 4 unspecified atom stereocenters. The summed E-state index contributed by atoms with van der Waals surface area (Å²) in [5.74, 6) is 7.23. The van der Waals surface area contributed by atoms with Crippen LogP contribution in [0.2, 0.25) is 0 Å². The lowest BCUT2D eigenvalue weighted by Crippen LogP contribution is -2.06. The van der Waals surface area contributed by atoms with Crippen molar-refractivity contribution in [3.05, 3.63) is 430 Å². The molecule has 20 heteroatoms. The molecule has 0 bridgehead atoms. The summed E-state index contributed by atoms with van der Waals surface area (Å²) in [5.41, 5.74) is 20.7. The molecule has 12 nitrogen and oxygen atoms in total. The summed E-state index contributed by atoms with van der Waals surface area (Å²) in [5, 5.41) is 61.0. The minimum absolute atomic E-state index is 0.190. The maximum absolute atomic E-state index is 11.0. The Hall–Kier alpha value is -11.3. The highest BCUT2D eigenvalue weighted by Gasteiger charge is 2.18. The number of thioether (sulfide) groups is 8. The molecule has 0 aliphatic heterocycles. The van der Waals surface area contributed by atoms with Crippen molar-refractivity contribution in [2.45, 2.75) is 195 Å². The van der Waals surface area contributed by atoms with Crippen LogP contribution >= 0.6 is 94.1 Å². The largest absolute Gasteiger partial charge is 0.481 e. The van der Waals surface area contributed by atoms with Crippen molar-refractivity contribution < 1.29 is 59.4 Å². The van der Waals surface area contributed by atoms with Crippen molar-refractivity contribution in [3.8, 4) is 22.3 Å². The lowest BCUT2D eigenvalue weighted by atomic mass is 10.0. The normalized spacial score (nSPS) is 12.0. The van der Waals surface area contributed by atoms with Crippen molar-refractivity contribution in [3.63, 3.8) is 0 Å². The van der Waals surface area contributed by atoms with Crippen molar-refractivity contribution >= 4 is 176 Å². The molecule has 0 aromatic heterocycles. The maximum atomic E-state index is 11.0. The van der Waals surface area contributed by atoms with Crippen LogP contribution in [-0.4, -0.2) is 110 Å². The summed E-state index contributed by atoms with van der Waals surface area (Å²) in [7, 11) is 0. The molecule has 0 spiro atoms. The van der Waals surface area contributed by atoms with Gasteiger partial charge in [0.15, 0.2) is 0 Å². The quantitative estimate of drug-likeness (QED) is 0.0154. The first-order valence-electron chi connectivity index (χ1n) is 50.5. The second-order valence-corrected chi connectivity index (χ2v) is 45.7. The Morgan fingerprint density at radius 3 is 0.712 bits per heavy atom. The van der Waals surface area contributed by atoms with Crippen LogP contribution in [0.15, 0.2) is 352 Å². The van der Waals surface area contributed by atoms with Crippen LogP contribution < -0.4 is 0 Å². The zero-order valence-electron chi connectivity index (χ0n) is 83.1. The van der Waals surface area contributed by atoms with Crippen LogP contribution in [0.3, 0.4) is 0 Å². The van der Waals surface area contributed by atoms with Gasteiger partial charge in [0.2, 0.25) is 0 Å². The topological polar surface area (TPSA) is 224 Å². The van der Waals surface area contributed by atoms with Crippen molar-refractivity contribution in [2.24, 2.45) is 0 Å². The Kier molecular flexibility index (Phi) is 53.2. The number of aliphatic carboxylic acids is 4. The van der Waals surface area contributed by atoms with E-state index < -0.39 is 35.8 Å². The van der Waals surface area contributed by atoms with Gasteiger partial charge in [-0.25, -0.2) is 9.59 Å². The first-order valence-corrected chi connectivity index (χ1v) is 59.3. The average molecular weight is 2100 g/mol. The molecular weight excluding hydrogens is 1960 g/mol. The van der Waals surface area contributed by atoms with Crippen LogP contribution in [0.4, 0.5) is 0 Å². The summed E-state index contributed by atoms with van der Waals surface area (Å²) < 4.78 is 0. The average Bonchev–Trinajstić information content (AvgIpc) is 0.840. The molecular formula is C126H136O12S8. The zero-order valence-corrected chi connectivity index (χ0v) is 89.7. The molecule has 146 heavy (non-hydrogen) atoms. The summed E-state index contributed by atoms with van der Waals surface area (Å²) >= 11 is 15.7. The molecule has 0 amide bonds. The van der Waals surface area contributed by atoms with E-state index in [4.69, 9.17) is 30.6 Å². The highest BCUT2D eigenvalue weighted by Crippen LogP contribution is 2.36. The van der Waals surface area contributed by atoms with E-state index in [0.717, 1.165) is 176 Å². The zero-order chi connectivity index (χ0) is 103. The first-order chi connectivity index (χ1) is 71.3.